The Morgan fingerprint density at radius 1 is 1.25 bits per heavy atom. The van der Waals surface area contributed by atoms with E-state index >= 15 is 0 Å². The summed E-state index contributed by atoms with van der Waals surface area (Å²) in [5, 5.41) is 13.5. The number of piperidine rings is 1. The number of fused-ring (bicyclic) bond motifs is 2. The van der Waals surface area contributed by atoms with E-state index in [2.05, 4.69) is 24.1 Å². The van der Waals surface area contributed by atoms with Gasteiger partial charge in [0, 0.05) is 32.3 Å². The standard InChI is InChI=1S/C16H32N2O2/c1-12(2)18-9-13-5-4-6-14(10-18)16(13)17-8-7-15(19)11-20-3/h12-17,19H,4-11H2,1-3H3. The van der Waals surface area contributed by atoms with Crippen molar-refractivity contribution in [3.8, 4) is 0 Å². The Hall–Kier alpha value is -0.160. The number of rotatable bonds is 7. The predicted molar refractivity (Wildman–Crippen MR) is 81.8 cm³/mol. The Morgan fingerprint density at radius 2 is 1.90 bits per heavy atom. The molecular formula is C16H32N2O2. The number of aliphatic hydroxyl groups is 1. The molecule has 3 atom stereocenters. The van der Waals surface area contributed by atoms with Crippen LogP contribution in [0.25, 0.3) is 0 Å². The van der Waals surface area contributed by atoms with Crippen LogP contribution >= 0.6 is 0 Å². The zero-order valence-electron chi connectivity index (χ0n) is 13.3. The molecule has 4 heteroatoms. The van der Waals surface area contributed by atoms with Crippen molar-refractivity contribution in [2.75, 3.05) is 33.4 Å². The topological polar surface area (TPSA) is 44.7 Å². The van der Waals surface area contributed by atoms with Crippen molar-refractivity contribution in [3.05, 3.63) is 0 Å². The number of aliphatic hydroxyl groups excluding tert-OH is 1. The number of hydrogen-bond acceptors (Lipinski definition) is 4. The minimum absolute atomic E-state index is 0.330. The fraction of sp³-hybridized carbons (Fsp3) is 1.00. The van der Waals surface area contributed by atoms with Crippen molar-refractivity contribution in [2.24, 2.45) is 11.8 Å². The van der Waals surface area contributed by atoms with Crippen LogP contribution in [0, 0.1) is 11.8 Å². The molecule has 2 N–H and O–H groups in total. The molecular weight excluding hydrogens is 252 g/mol. The number of ether oxygens (including phenoxy) is 1. The Bertz CT molecular complexity index is 272. The van der Waals surface area contributed by atoms with Crippen LogP contribution in [0.2, 0.25) is 0 Å². The summed E-state index contributed by atoms with van der Waals surface area (Å²) in [6, 6.07) is 1.33. The summed E-state index contributed by atoms with van der Waals surface area (Å²) in [4.78, 5) is 2.65. The molecule has 2 rings (SSSR count). The van der Waals surface area contributed by atoms with E-state index in [1.807, 2.05) is 0 Å². The molecule has 0 radical (unpaired) electrons. The van der Waals surface area contributed by atoms with E-state index in [0.717, 1.165) is 24.8 Å². The van der Waals surface area contributed by atoms with E-state index in [4.69, 9.17) is 4.74 Å². The van der Waals surface area contributed by atoms with Gasteiger partial charge in [-0.3, -0.25) is 0 Å². The summed E-state index contributed by atoms with van der Waals surface area (Å²) in [5.74, 6) is 1.59. The van der Waals surface area contributed by atoms with Crippen LogP contribution in [-0.2, 0) is 4.74 Å². The van der Waals surface area contributed by atoms with Gasteiger partial charge in [0.25, 0.3) is 0 Å². The maximum absolute atomic E-state index is 9.72. The van der Waals surface area contributed by atoms with Gasteiger partial charge in [0.15, 0.2) is 0 Å². The number of hydrogen-bond donors (Lipinski definition) is 2. The van der Waals surface area contributed by atoms with Gasteiger partial charge in [-0.25, -0.2) is 0 Å². The van der Waals surface area contributed by atoms with Crippen molar-refractivity contribution in [2.45, 2.75) is 57.7 Å². The second-order valence-electron chi connectivity index (χ2n) is 6.88. The van der Waals surface area contributed by atoms with E-state index in [0.29, 0.717) is 18.7 Å². The monoisotopic (exact) mass is 284 g/mol. The molecule has 0 aromatic rings. The van der Waals surface area contributed by atoms with E-state index < -0.39 is 0 Å². The Balaban J connectivity index is 1.80. The largest absolute Gasteiger partial charge is 0.391 e. The molecule has 0 spiro atoms. The molecule has 0 aromatic heterocycles. The molecule has 4 nitrogen and oxygen atoms in total. The summed E-state index contributed by atoms with van der Waals surface area (Å²) in [6.07, 6.45) is 4.57. The molecule has 1 aliphatic heterocycles. The molecule has 1 heterocycles. The van der Waals surface area contributed by atoms with Gasteiger partial charge in [-0.15, -0.1) is 0 Å². The Kier molecular flexibility index (Phi) is 6.27. The van der Waals surface area contributed by atoms with Gasteiger partial charge in [0.05, 0.1) is 12.7 Å². The lowest BCUT2D eigenvalue weighted by Crippen LogP contribution is -2.58. The summed E-state index contributed by atoms with van der Waals surface area (Å²) in [7, 11) is 1.64. The van der Waals surface area contributed by atoms with Gasteiger partial charge in [0.2, 0.25) is 0 Å². The van der Waals surface area contributed by atoms with Crippen LogP contribution in [0.1, 0.15) is 39.5 Å². The average Bonchev–Trinajstić information content (AvgIpc) is 2.38. The Labute approximate surface area is 123 Å². The highest BCUT2D eigenvalue weighted by Gasteiger charge is 2.39. The smallest absolute Gasteiger partial charge is 0.0785 e. The number of methoxy groups -OCH3 is 1. The molecule has 118 valence electrons. The maximum Gasteiger partial charge on any atom is 0.0785 e. The van der Waals surface area contributed by atoms with Crippen LogP contribution < -0.4 is 5.32 Å². The van der Waals surface area contributed by atoms with E-state index in [-0.39, 0.29) is 6.10 Å². The van der Waals surface area contributed by atoms with Crippen molar-refractivity contribution >= 4 is 0 Å². The molecule has 0 amide bonds. The van der Waals surface area contributed by atoms with Gasteiger partial charge in [-0.2, -0.15) is 0 Å². The van der Waals surface area contributed by atoms with Crippen molar-refractivity contribution in [1.82, 2.24) is 10.2 Å². The van der Waals surface area contributed by atoms with Crippen LogP contribution in [0.15, 0.2) is 0 Å². The lowest BCUT2D eigenvalue weighted by atomic mass is 9.73. The molecule has 0 aromatic carbocycles. The third-order valence-electron chi connectivity index (χ3n) is 5.05. The van der Waals surface area contributed by atoms with Gasteiger partial charge < -0.3 is 20.1 Å². The predicted octanol–water partition coefficient (Wildman–Crippen LogP) is 1.48. The normalized spacial score (nSPS) is 32.5. The lowest BCUT2D eigenvalue weighted by Gasteiger charge is -2.49. The summed E-state index contributed by atoms with van der Waals surface area (Å²) in [6.45, 7) is 8.46. The highest BCUT2D eigenvalue weighted by molar-refractivity contribution is 4.95. The average molecular weight is 284 g/mol. The third kappa shape index (κ3) is 4.17. The number of nitrogens with one attached hydrogen (secondary N) is 1. The first kappa shape index (κ1) is 16.2. The van der Waals surface area contributed by atoms with Crippen molar-refractivity contribution in [1.29, 1.82) is 0 Å². The highest BCUT2D eigenvalue weighted by Crippen LogP contribution is 2.35. The molecule has 1 saturated carbocycles. The molecule has 2 fully saturated rings. The minimum atomic E-state index is -0.330. The molecule has 1 saturated heterocycles. The first-order valence-corrected chi connectivity index (χ1v) is 8.26. The quantitative estimate of drug-likeness (QED) is 0.743. The van der Waals surface area contributed by atoms with Crippen molar-refractivity contribution < 1.29 is 9.84 Å². The van der Waals surface area contributed by atoms with Crippen molar-refractivity contribution in [3.63, 3.8) is 0 Å². The minimum Gasteiger partial charge on any atom is -0.391 e. The molecule has 2 aliphatic rings. The van der Waals surface area contributed by atoms with Crippen LogP contribution in [0.4, 0.5) is 0 Å². The summed E-state index contributed by atoms with van der Waals surface area (Å²) >= 11 is 0. The zero-order valence-corrected chi connectivity index (χ0v) is 13.3. The van der Waals surface area contributed by atoms with Gasteiger partial charge in [-0.1, -0.05) is 6.42 Å². The molecule has 20 heavy (non-hydrogen) atoms. The number of nitrogens with zero attached hydrogens (tertiary/aromatic N) is 1. The molecule has 3 unspecified atom stereocenters. The number of likely N-dealkylation sites (tertiary alicyclic amines) is 1. The summed E-state index contributed by atoms with van der Waals surface area (Å²) in [5.41, 5.74) is 0. The summed E-state index contributed by atoms with van der Waals surface area (Å²) < 4.78 is 4.98. The van der Waals surface area contributed by atoms with Gasteiger partial charge >= 0.3 is 0 Å². The van der Waals surface area contributed by atoms with Crippen LogP contribution in [-0.4, -0.2) is 61.5 Å². The second kappa shape index (κ2) is 7.74. The lowest BCUT2D eigenvalue weighted by molar-refractivity contribution is 0.0245. The third-order valence-corrected chi connectivity index (χ3v) is 5.05. The van der Waals surface area contributed by atoms with E-state index in [9.17, 15) is 5.11 Å². The maximum atomic E-state index is 9.72. The van der Waals surface area contributed by atoms with Gasteiger partial charge in [0.1, 0.15) is 0 Å². The second-order valence-corrected chi connectivity index (χ2v) is 6.88. The van der Waals surface area contributed by atoms with E-state index in [1.165, 1.54) is 32.4 Å². The van der Waals surface area contributed by atoms with Crippen LogP contribution in [0.3, 0.4) is 0 Å². The fourth-order valence-electron chi connectivity index (χ4n) is 3.92. The van der Waals surface area contributed by atoms with E-state index in [1.54, 1.807) is 7.11 Å². The van der Waals surface area contributed by atoms with Gasteiger partial charge in [-0.05, 0) is 51.5 Å². The highest BCUT2D eigenvalue weighted by atomic mass is 16.5. The zero-order chi connectivity index (χ0) is 14.5. The van der Waals surface area contributed by atoms with Crippen LogP contribution in [0.5, 0.6) is 0 Å². The SMILES string of the molecule is COCC(O)CCNC1C2CCCC1CN(C(C)C)C2. The molecule has 2 bridgehead atoms. The fourth-order valence-corrected chi connectivity index (χ4v) is 3.92. The Morgan fingerprint density at radius 3 is 2.45 bits per heavy atom. The first-order valence-electron chi connectivity index (χ1n) is 8.26. The molecule has 1 aliphatic carbocycles. The first-order chi connectivity index (χ1) is 9.61.